The molecule has 344 valence electrons. The van der Waals surface area contributed by atoms with Crippen LogP contribution in [0.25, 0.3) is 0 Å². The smallest absolute Gasteiger partial charge is 0.312 e. The van der Waals surface area contributed by atoms with Crippen molar-refractivity contribution in [2.45, 2.75) is 154 Å². The van der Waals surface area contributed by atoms with Gasteiger partial charge in [-0.1, -0.05) is 240 Å². The molecule has 0 radical (unpaired) electrons. The van der Waals surface area contributed by atoms with Gasteiger partial charge in [0.05, 0.1) is 31.5 Å². The second kappa shape index (κ2) is 22.7. The zero-order chi connectivity index (χ0) is 45.6. The molecule has 1 saturated heterocycles. The summed E-state index contributed by atoms with van der Waals surface area (Å²) in [6.07, 6.45) is 13.7. The van der Waals surface area contributed by atoms with E-state index in [2.05, 4.69) is 146 Å². The number of unbranched alkanes of at least 4 members (excludes halogenated alkanes) is 10. The molecule has 10 heteroatoms. The molecule has 2 unspecified atom stereocenters. The molecule has 1 aliphatic heterocycles. The van der Waals surface area contributed by atoms with Gasteiger partial charge in [-0.2, -0.15) is 8.42 Å². The van der Waals surface area contributed by atoms with Crippen molar-refractivity contribution < 1.29 is 31.0 Å². The van der Waals surface area contributed by atoms with Crippen molar-refractivity contribution in [3.05, 3.63) is 121 Å². The fraction of sp³-hybridized carbons (Fsp3) is 0.528. The normalized spacial score (nSPS) is 16.5. The van der Waals surface area contributed by atoms with Crippen LogP contribution in [-0.4, -0.2) is 62.2 Å². The Bertz CT molecular complexity index is 1880. The molecule has 63 heavy (non-hydrogen) atoms. The second-order valence-corrected chi connectivity index (χ2v) is 30.2. The van der Waals surface area contributed by atoms with Gasteiger partial charge in [0.25, 0.3) is 26.8 Å². The lowest BCUT2D eigenvalue weighted by Gasteiger charge is -2.47. The third-order valence-electron chi connectivity index (χ3n) is 13.0. The first-order chi connectivity index (χ1) is 30.0. The van der Waals surface area contributed by atoms with Crippen molar-refractivity contribution >= 4 is 53.5 Å². The largest absolute Gasteiger partial charge is 0.454 e. The predicted molar refractivity (Wildman–Crippen MR) is 265 cm³/mol. The van der Waals surface area contributed by atoms with Crippen LogP contribution in [0, 0.1) is 5.92 Å². The molecule has 0 aromatic heterocycles. The molecular weight excluding hydrogens is 837 g/mol. The van der Waals surface area contributed by atoms with Crippen LogP contribution < -0.4 is 20.7 Å². The van der Waals surface area contributed by atoms with Crippen LogP contribution in [0.3, 0.4) is 0 Å². The van der Waals surface area contributed by atoms with Crippen molar-refractivity contribution in [2.75, 3.05) is 19.5 Å². The van der Waals surface area contributed by atoms with Crippen molar-refractivity contribution in [3.63, 3.8) is 0 Å². The SMILES string of the molecule is CCCCCCCCCCCCCC(OS(C)(=O)=O)C1CC(CO[Si](c2ccccc2)(c2ccccc2)C(C)(C)C)(CO[Si](c2ccccc2)(c2ccccc2)C(C)(C)C)OC1=O. The van der Waals surface area contributed by atoms with Crippen LogP contribution in [0.5, 0.6) is 0 Å². The van der Waals surface area contributed by atoms with Gasteiger partial charge in [0, 0.05) is 6.42 Å². The molecular formula is C53H76O7SSi2. The summed E-state index contributed by atoms with van der Waals surface area (Å²) in [4.78, 5) is 14.6. The van der Waals surface area contributed by atoms with E-state index in [-0.39, 0.29) is 29.7 Å². The third kappa shape index (κ3) is 12.9. The number of carbonyl (C=O) groups excluding carboxylic acids is 1. The van der Waals surface area contributed by atoms with E-state index < -0.39 is 50.3 Å². The molecule has 2 atom stereocenters. The van der Waals surface area contributed by atoms with E-state index in [0.29, 0.717) is 6.42 Å². The lowest BCUT2D eigenvalue weighted by molar-refractivity contribution is -0.157. The van der Waals surface area contributed by atoms with Crippen LogP contribution in [0.15, 0.2) is 121 Å². The standard InChI is InChI=1S/C53H76O7SSi2/c1-9-10-11-12-13-14-15-16-17-18-31-40-49(60-61(8,55)56)48-41-53(59-50(48)54,42-57-62(51(2,3)4,44-32-23-19-24-33-44)45-34-25-20-26-35-45)43-58-63(52(5,6)7,46-36-27-21-28-37-46)47-38-29-22-30-39-47/h19-30,32-39,48-49H,9-18,31,40-43H2,1-8H3. The van der Waals surface area contributed by atoms with E-state index in [1.165, 1.54) is 44.9 Å². The van der Waals surface area contributed by atoms with Crippen LogP contribution in [-0.2, 0) is 32.7 Å². The average Bonchev–Trinajstić information content (AvgIpc) is 3.58. The minimum absolute atomic E-state index is 0.0603. The highest BCUT2D eigenvalue weighted by molar-refractivity contribution is 7.86. The number of benzene rings is 4. The van der Waals surface area contributed by atoms with Gasteiger partial charge in [-0.25, -0.2) is 0 Å². The first-order valence-electron chi connectivity index (χ1n) is 23.6. The van der Waals surface area contributed by atoms with Crippen LogP contribution in [0.4, 0.5) is 0 Å². The monoisotopic (exact) mass is 912 g/mol. The fourth-order valence-corrected chi connectivity index (χ4v) is 19.8. The molecule has 0 spiro atoms. The molecule has 1 heterocycles. The molecule has 0 bridgehead atoms. The van der Waals surface area contributed by atoms with Crippen LogP contribution in [0.1, 0.15) is 132 Å². The number of carbonyl (C=O) groups is 1. The first kappa shape index (κ1) is 50.6. The van der Waals surface area contributed by atoms with Gasteiger partial charge in [0.15, 0.2) is 5.60 Å². The summed E-state index contributed by atoms with van der Waals surface area (Å²) in [7, 11) is -10.1. The van der Waals surface area contributed by atoms with E-state index in [1.54, 1.807) is 0 Å². The lowest BCUT2D eigenvalue weighted by atomic mass is 9.89. The van der Waals surface area contributed by atoms with Gasteiger partial charge in [-0.05, 0) is 37.2 Å². The number of hydrogen-bond donors (Lipinski definition) is 0. The Kier molecular flexibility index (Phi) is 18.2. The summed E-state index contributed by atoms with van der Waals surface area (Å²) in [5.41, 5.74) is -1.25. The van der Waals surface area contributed by atoms with E-state index in [4.69, 9.17) is 17.8 Å². The third-order valence-corrected chi connectivity index (χ3v) is 23.5. The summed E-state index contributed by atoms with van der Waals surface area (Å²) in [5, 5.41) is 3.78. The second-order valence-electron chi connectivity index (χ2n) is 20.0. The zero-order valence-corrected chi connectivity index (χ0v) is 42.4. The highest BCUT2D eigenvalue weighted by atomic mass is 32.2. The van der Waals surface area contributed by atoms with E-state index >= 15 is 0 Å². The molecule has 1 fully saturated rings. The Labute approximate surface area is 383 Å². The molecule has 4 aromatic rings. The Hall–Kier alpha value is -3.39. The molecule has 0 amide bonds. The average molecular weight is 913 g/mol. The first-order valence-corrected chi connectivity index (χ1v) is 29.2. The number of esters is 1. The minimum atomic E-state index is -3.90. The van der Waals surface area contributed by atoms with Crippen molar-refractivity contribution in [1.29, 1.82) is 0 Å². The Morgan fingerprint density at radius 1 is 0.587 bits per heavy atom. The summed E-state index contributed by atoms with van der Waals surface area (Å²) >= 11 is 0. The Morgan fingerprint density at radius 3 is 1.24 bits per heavy atom. The maximum Gasteiger partial charge on any atom is 0.312 e. The van der Waals surface area contributed by atoms with E-state index in [9.17, 15) is 13.2 Å². The van der Waals surface area contributed by atoms with Gasteiger partial charge < -0.3 is 13.6 Å². The fourth-order valence-electron chi connectivity index (χ4n) is 9.87. The van der Waals surface area contributed by atoms with Gasteiger partial charge in [-0.15, -0.1) is 0 Å². The lowest BCUT2D eigenvalue weighted by Crippen LogP contribution is -2.69. The summed E-state index contributed by atoms with van der Waals surface area (Å²) < 4.78 is 53.6. The van der Waals surface area contributed by atoms with E-state index in [1.807, 2.05) is 24.3 Å². The summed E-state index contributed by atoms with van der Waals surface area (Å²) in [6, 6.07) is 41.8. The highest BCUT2D eigenvalue weighted by Gasteiger charge is 2.58. The minimum Gasteiger partial charge on any atom is -0.454 e. The number of cyclic esters (lactones) is 1. The molecule has 0 saturated carbocycles. The summed E-state index contributed by atoms with van der Waals surface area (Å²) in [6.45, 7) is 15.8. The molecule has 4 aromatic carbocycles. The van der Waals surface area contributed by atoms with Gasteiger partial charge in [-0.3, -0.25) is 8.98 Å². The van der Waals surface area contributed by atoms with Gasteiger partial charge in [0.1, 0.15) is 0 Å². The quantitative estimate of drug-likeness (QED) is 0.0283. The van der Waals surface area contributed by atoms with Crippen molar-refractivity contribution in [1.82, 2.24) is 0 Å². The van der Waals surface area contributed by atoms with Crippen molar-refractivity contribution in [3.8, 4) is 0 Å². The maximum atomic E-state index is 14.6. The topological polar surface area (TPSA) is 88.1 Å². The highest BCUT2D eigenvalue weighted by Crippen LogP contribution is 2.43. The maximum absolute atomic E-state index is 14.6. The van der Waals surface area contributed by atoms with Crippen LogP contribution >= 0.6 is 0 Å². The molecule has 7 nitrogen and oxygen atoms in total. The van der Waals surface area contributed by atoms with E-state index in [0.717, 1.165) is 52.7 Å². The predicted octanol–water partition coefficient (Wildman–Crippen LogP) is 10.5. The number of rotatable bonds is 25. The number of ether oxygens (including phenoxy) is 1. The molecule has 1 aliphatic rings. The molecule has 5 rings (SSSR count). The van der Waals surface area contributed by atoms with Gasteiger partial charge >= 0.3 is 5.97 Å². The molecule has 0 aliphatic carbocycles. The van der Waals surface area contributed by atoms with Crippen molar-refractivity contribution in [2.24, 2.45) is 5.92 Å². The Morgan fingerprint density at radius 2 is 0.921 bits per heavy atom. The zero-order valence-electron chi connectivity index (χ0n) is 39.6. The molecule has 0 N–H and O–H groups in total. The summed E-state index contributed by atoms with van der Waals surface area (Å²) in [5.74, 6) is -1.29. The van der Waals surface area contributed by atoms with Gasteiger partial charge in [0.2, 0.25) is 0 Å². The van der Waals surface area contributed by atoms with Crippen LogP contribution in [0.2, 0.25) is 10.1 Å². The Balaban J connectivity index is 1.52. The number of hydrogen-bond acceptors (Lipinski definition) is 7.